The number of phosphoric acid groups is 2. The maximum Gasteiger partial charge on any atom is 0.472 e. The Balaban J connectivity index is 2.54. The normalized spacial score (nSPS) is 18.3. The second kappa shape index (κ2) is 35.1. The fraction of sp³-hybridized carbons (Fsp3) is 0.750. The van der Waals surface area contributed by atoms with Crippen LogP contribution >= 0.6 is 15.6 Å². The molecule has 0 saturated carbocycles. The Hall–Kier alpha value is -2.29. The van der Waals surface area contributed by atoms with E-state index in [4.69, 9.17) is 23.8 Å². The van der Waals surface area contributed by atoms with Gasteiger partial charge >= 0.3 is 27.6 Å². The molecule has 0 spiro atoms. The zero-order chi connectivity index (χ0) is 45.2. The van der Waals surface area contributed by atoms with Crippen LogP contribution in [0.15, 0.2) is 48.6 Å². The van der Waals surface area contributed by atoms with Crippen LogP contribution in [0.25, 0.3) is 0 Å². The lowest BCUT2D eigenvalue weighted by Crippen LogP contribution is -2.29. The van der Waals surface area contributed by atoms with Gasteiger partial charge in [-0.1, -0.05) is 127 Å². The average Bonchev–Trinajstić information content (AvgIpc) is 3.57. The van der Waals surface area contributed by atoms with E-state index in [1.54, 1.807) is 18.2 Å². The molecule has 0 saturated heterocycles. The van der Waals surface area contributed by atoms with Gasteiger partial charge in [-0.25, -0.2) is 9.13 Å². The Morgan fingerprint density at radius 3 is 1.92 bits per heavy atom. The Labute approximate surface area is 364 Å². The summed E-state index contributed by atoms with van der Waals surface area (Å²) in [5.41, 5.74) is 0. The van der Waals surface area contributed by atoms with E-state index in [2.05, 4.69) is 35.0 Å². The summed E-state index contributed by atoms with van der Waals surface area (Å²) in [7, 11) is -9.76. The standard InChI is InChI=1S/C44H76O15P2/c1-3-5-7-8-9-10-11-12-13-14-15-16-17-18-23-27-43(48)55-35-40(36-58-61(53,54)57-34-39(46)33-56-60(50,51)52)59-44(49)28-24-20-19-22-25-37-29-32-42(47)41(37)31-30-38(45)26-21-6-4-2/h10-11,19,22,29-32,37-41,45-46H,3-9,12-18,20-21,23-28,33-36H2,1-2H3,(H,53,54)(H2,50,51,52)/b11-10-,22-19-,31-30+/t37-,38-,39-,40+,41+/m0/s1. The van der Waals surface area contributed by atoms with Gasteiger partial charge in [-0.2, -0.15) is 0 Å². The highest BCUT2D eigenvalue weighted by atomic mass is 31.2. The van der Waals surface area contributed by atoms with Crippen LogP contribution in [0, 0.1) is 11.8 Å². The molecule has 0 aromatic carbocycles. The lowest BCUT2D eigenvalue weighted by Gasteiger charge is -2.20. The molecule has 0 aliphatic heterocycles. The minimum Gasteiger partial charge on any atom is -0.462 e. The zero-order valence-electron chi connectivity index (χ0n) is 36.6. The first-order valence-corrected chi connectivity index (χ1v) is 25.4. The molecule has 0 fully saturated rings. The number of aliphatic hydroxyl groups excluding tert-OH is 2. The number of allylic oxidation sites excluding steroid dienone is 7. The van der Waals surface area contributed by atoms with E-state index < -0.39 is 72.3 Å². The summed E-state index contributed by atoms with van der Waals surface area (Å²) >= 11 is 0. The second-order valence-electron chi connectivity index (χ2n) is 15.6. The summed E-state index contributed by atoms with van der Waals surface area (Å²) < 4.78 is 47.8. The number of hydrogen-bond donors (Lipinski definition) is 5. The average molecular weight is 907 g/mol. The van der Waals surface area contributed by atoms with Crippen molar-refractivity contribution in [3.05, 3.63) is 48.6 Å². The van der Waals surface area contributed by atoms with Crippen molar-refractivity contribution >= 4 is 33.4 Å². The van der Waals surface area contributed by atoms with Crippen molar-refractivity contribution in [3.63, 3.8) is 0 Å². The first-order valence-electron chi connectivity index (χ1n) is 22.4. The van der Waals surface area contributed by atoms with Gasteiger partial charge in [0.05, 0.1) is 25.9 Å². The van der Waals surface area contributed by atoms with Crippen molar-refractivity contribution < 1.29 is 71.5 Å². The lowest BCUT2D eigenvalue weighted by atomic mass is 9.90. The summed E-state index contributed by atoms with van der Waals surface area (Å²) in [5.74, 6) is -1.55. The molecule has 0 amide bonds. The van der Waals surface area contributed by atoms with Gasteiger partial charge in [0.25, 0.3) is 0 Å². The fourth-order valence-corrected chi connectivity index (χ4v) is 7.55. The molecule has 5 N–H and O–H groups in total. The topological polar surface area (TPSA) is 233 Å². The van der Waals surface area contributed by atoms with Gasteiger partial charge in [0.2, 0.25) is 0 Å². The summed E-state index contributed by atoms with van der Waals surface area (Å²) in [6.45, 7) is 1.41. The van der Waals surface area contributed by atoms with E-state index in [9.17, 15) is 38.6 Å². The van der Waals surface area contributed by atoms with E-state index in [-0.39, 0.29) is 30.5 Å². The highest BCUT2D eigenvalue weighted by Gasteiger charge is 2.29. The molecule has 0 aromatic rings. The Kier molecular flexibility index (Phi) is 32.6. The summed E-state index contributed by atoms with van der Waals surface area (Å²) in [6.07, 6.45) is 31.6. The first kappa shape index (κ1) is 56.7. The van der Waals surface area contributed by atoms with Crippen LogP contribution in [0.4, 0.5) is 0 Å². The molecule has 1 aliphatic rings. The third-order valence-electron chi connectivity index (χ3n) is 9.93. The number of esters is 2. The van der Waals surface area contributed by atoms with Crippen LogP contribution in [-0.4, -0.2) is 87.4 Å². The maximum atomic E-state index is 12.8. The molecule has 0 bridgehead atoms. The fourth-order valence-electron chi connectivity index (χ4n) is 6.39. The molecule has 0 heterocycles. The zero-order valence-corrected chi connectivity index (χ0v) is 38.4. The summed E-state index contributed by atoms with van der Waals surface area (Å²) in [4.78, 5) is 65.3. The van der Waals surface area contributed by atoms with Crippen LogP contribution in [0.5, 0.6) is 0 Å². The number of rotatable bonds is 39. The smallest absolute Gasteiger partial charge is 0.462 e. The molecular weight excluding hydrogens is 830 g/mol. The van der Waals surface area contributed by atoms with E-state index in [0.29, 0.717) is 32.1 Å². The molecule has 61 heavy (non-hydrogen) atoms. The van der Waals surface area contributed by atoms with Crippen LogP contribution in [0.1, 0.15) is 155 Å². The van der Waals surface area contributed by atoms with Crippen molar-refractivity contribution in [1.82, 2.24) is 0 Å². The van der Waals surface area contributed by atoms with Gasteiger partial charge in [-0.05, 0) is 69.8 Å². The van der Waals surface area contributed by atoms with Gasteiger partial charge in [0, 0.05) is 18.8 Å². The molecule has 6 atom stereocenters. The van der Waals surface area contributed by atoms with Gasteiger partial charge in [-0.15, -0.1) is 0 Å². The number of carbonyl (C=O) groups excluding carboxylic acids is 3. The van der Waals surface area contributed by atoms with Crippen molar-refractivity contribution in [1.29, 1.82) is 0 Å². The monoisotopic (exact) mass is 906 g/mol. The first-order chi connectivity index (χ1) is 29.2. The van der Waals surface area contributed by atoms with Gasteiger partial charge in [0.1, 0.15) is 12.7 Å². The number of carbonyl (C=O) groups is 3. The van der Waals surface area contributed by atoms with E-state index in [1.807, 2.05) is 18.2 Å². The van der Waals surface area contributed by atoms with Gasteiger partial charge in [-0.3, -0.25) is 28.0 Å². The van der Waals surface area contributed by atoms with E-state index >= 15 is 0 Å². The SMILES string of the molecule is CCCCCC/C=C\CCCCCCCCCC(=O)OC[C@H](COP(=O)(O)OC[C@@H](O)COP(=O)(O)O)OC(=O)CCC/C=C\C[C@H]1C=CC(=O)[C@@H]1/C=C/[C@@H](O)CCCCC. The minimum atomic E-state index is -4.89. The third-order valence-corrected chi connectivity index (χ3v) is 11.4. The van der Waals surface area contributed by atoms with Gasteiger partial charge < -0.3 is 34.4 Å². The minimum absolute atomic E-state index is 0.000196. The molecular formula is C44H76O15P2. The molecule has 352 valence electrons. The molecule has 15 nitrogen and oxygen atoms in total. The lowest BCUT2D eigenvalue weighted by molar-refractivity contribution is -0.161. The third kappa shape index (κ3) is 33.0. The second-order valence-corrected chi connectivity index (χ2v) is 18.3. The molecule has 1 rings (SSSR count). The highest BCUT2D eigenvalue weighted by Crippen LogP contribution is 2.44. The highest BCUT2D eigenvalue weighted by molar-refractivity contribution is 7.47. The van der Waals surface area contributed by atoms with E-state index in [0.717, 1.165) is 57.8 Å². The molecule has 17 heteroatoms. The Morgan fingerprint density at radius 1 is 0.689 bits per heavy atom. The van der Waals surface area contributed by atoms with Crippen LogP contribution in [0.2, 0.25) is 0 Å². The number of phosphoric ester groups is 2. The summed E-state index contributed by atoms with van der Waals surface area (Å²) in [6, 6.07) is 0. The summed E-state index contributed by atoms with van der Waals surface area (Å²) in [5, 5.41) is 20.0. The molecule has 0 radical (unpaired) electrons. The quantitative estimate of drug-likeness (QED) is 0.0168. The van der Waals surface area contributed by atoms with Crippen molar-refractivity contribution in [3.8, 4) is 0 Å². The number of ketones is 1. The maximum absolute atomic E-state index is 12.8. The molecule has 1 aliphatic carbocycles. The van der Waals surface area contributed by atoms with Crippen LogP contribution < -0.4 is 0 Å². The largest absolute Gasteiger partial charge is 0.472 e. The molecule has 0 aromatic heterocycles. The number of hydrogen-bond acceptors (Lipinski definition) is 12. The number of unbranched alkanes of at least 4 members (excludes halogenated alkanes) is 14. The van der Waals surface area contributed by atoms with Crippen molar-refractivity contribution in [2.24, 2.45) is 11.8 Å². The Bertz CT molecular complexity index is 1410. The van der Waals surface area contributed by atoms with Crippen molar-refractivity contribution in [2.45, 2.75) is 173 Å². The van der Waals surface area contributed by atoms with Crippen molar-refractivity contribution in [2.75, 3.05) is 26.4 Å². The Morgan fingerprint density at radius 2 is 1.25 bits per heavy atom. The number of ether oxygens (including phenoxy) is 2. The van der Waals surface area contributed by atoms with Crippen LogP contribution in [-0.2, 0) is 46.6 Å². The van der Waals surface area contributed by atoms with Crippen LogP contribution in [0.3, 0.4) is 0 Å². The van der Waals surface area contributed by atoms with E-state index in [1.165, 1.54) is 38.5 Å². The predicted octanol–water partition coefficient (Wildman–Crippen LogP) is 9.07. The van der Waals surface area contributed by atoms with Gasteiger partial charge in [0.15, 0.2) is 11.9 Å². The predicted molar refractivity (Wildman–Crippen MR) is 234 cm³/mol. The molecule has 1 unspecified atom stereocenters. The number of aliphatic hydroxyl groups is 2.